The van der Waals surface area contributed by atoms with E-state index in [0.717, 1.165) is 25.1 Å². The Labute approximate surface area is 119 Å². The molecule has 0 radical (unpaired) electrons. The number of hydrogen-bond acceptors (Lipinski definition) is 4. The van der Waals surface area contributed by atoms with Crippen LogP contribution in [0.25, 0.3) is 0 Å². The van der Waals surface area contributed by atoms with Crippen molar-refractivity contribution in [1.29, 1.82) is 0 Å². The Hall–Kier alpha value is -1.46. The first-order valence-corrected chi connectivity index (χ1v) is 7.15. The van der Waals surface area contributed by atoms with Gasteiger partial charge < -0.3 is 15.5 Å². The van der Waals surface area contributed by atoms with Gasteiger partial charge in [-0.3, -0.25) is 4.98 Å². The number of aromatic nitrogens is 1. The molecule has 5 heteroatoms. The fraction of sp³-hybridized carbons (Fsp3) is 0.600. The second-order valence-corrected chi connectivity index (χ2v) is 5.67. The first kappa shape index (κ1) is 14.9. The molecule has 5 nitrogen and oxygen atoms in total. The zero-order valence-electron chi connectivity index (χ0n) is 11.6. The number of aliphatic hydroxyl groups is 1. The number of rotatable bonds is 6. The molecule has 1 aliphatic rings. The third-order valence-electron chi connectivity index (χ3n) is 4.13. The predicted molar refractivity (Wildman–Crippen MR) is 75.5 cm³/mol. The molecule has 1 fully saturated rings. The molecule has 0 saturated heterocycles. The number of carboxylic acid groups (broad SMARTS) is 1. The Bertz CT molecular complexity index is 439. The number of hydrogen-bond donors (Lipinski definition) is 3. The molecule has 0 amide bonds. The molecule has 1 heterocycles. The van der Waals surface area contributed by atoms with Crippen molar-refractivity contribution in [2.75, 3.05) is 13.2 Å². The summed E-state index contributed by atoms with van der Waals surface area (Å²) in [7, 11) is 0. The molecule has 110 valence electrons. The van der Waals surface area contributed by atoms with Crippen molar-refractivity contribution in [3.8, 4) is 0 Å². The maximum Gasteiger partial charge on any atom is 0.337 e. The van der Waals surface area contributed by atoms with Gasteiger partial charge in [0.05, 0.1) is 11.3 Å². The summed E-state index contributed by atoms with van der Waals surface area (Å²) >= 11 is 0. The molecular weight excluding hydrogens is 256 g/mol. The fourth-order valence-electron chi connectivity index (χ4n) is 2.80. The molecule has 0 atom stereocenters. The van der Waals surface area contributed by atoms with Crippen LogP contribution in [0.15, 0.2) is 18.3 Å². The van der Waals surface area contributed by atoms with Gasteiger partial charge in [-0.1, -0.05) is 19.3 Å². The van der Waals surface area contributed by atoms with Crippen LogP contribution < -0.4 is 5.32 Å². The molecule has 0 aliphatic heterocycles. The number of carboxylic acids is 1. The van der Waals surface area contributed by atoms with Gasteiger partial charge in [-0.25, -0.2) is 4.79 Å². The molecule has 1 aromatic rings. The summed E-state index contributed by atoms with van der Waals surface area (Å²) in [5.41, 5.74) is 1.03. The molecule has 20 heavy (non-hydrogen) atoms. The standard InChI is InChI=1S/C15H22N2O3/c18-11-15(6-2-1-3-7-15)10-16-9-13-5-4-12(8-17-13)14(19)20/h4-5,8,16,18H,1-3,6-7,9-11H2,(H,19,20). The first-order valence-electron chi connectivity index (χ1n) is 7.15. The summed E-state index contributed by atoms with van der Waals surface area (Å²) in [6.07, 6.45) is 7.16. The highest BCUT2D eigenvalue weighted by Gasteiger charge is 2.30. The minimum atomic E-state index is -0.960. The lowest BCUT2D eigenvalue weighted by Gasteiger charge is -2.35. The molecule has 0 aromatic carbocycles. The van der Waals surface area contributed by atoms with Gasteiger partial charge in [0.1, 0.15) is 0 Å². The second kappa shape index (κ2) is 6.81. The molecular formula is C15H22N2O3. The molecule has 3 N–H and O–H groups in total. The van der Waals surface area contributed by atoms with Crippen LogP contribution in [-0.4, -0.2) is 34.3 Å². The summed E-state index contributed by atoms with van der Waals surface area (Å²) in [5, 5.41) is 21.8. The van der Waals surface area contributed by atoms with E-state index >= 15 is 0 Å². The van der Waals surface area contributed by atoms with E-state index in [9.17, 15) is 9.90 Å². The van der Waals surface area contributed by atoms with E-state index in [4.69, 9.17) is 5.11 Å². The van der Waals surface area contributed by atoms with Crippen molar-refractivity contribution < 1.29 is 15.0 Å². The van der Waals surface area contributed by atoms with Gasteiger partial charge in [0.15, 0.2) is 0 Å². The quantitative estimate of drug-likeness (QED) is 0.739. The summed E-state index contributed by atoms with van der Waals surface area (Å²) in [4.78, 5) is 14.9. The van der Waals surface area contributed by atoms with E-state index in [2.05, 4.69) is 10.3 Å². The Balaban J connectivity index is 1.84. The van der Waals surface area contributed by atoms with Crippen LogP contribution in [0.4, 0.5) is 0 Å². The first-order chi connectivity index (χ1) is 9.65. The van der Waals surface area contributed by atoms with Crippen LogP contribution >= 0.6 is 0 Å². The van der Waals surface area contributed by atoms with Crippen molar-refractivity contribution in [2.45, 2.75) is 38.6 Å². The molecule has 2 rings (SSSR count). The van der Waals surface area contributed by atoms with Crippen molar-refractivity contribution in [3.63, 3.8) is 0 Å². The Morgan fingerprint density at radius 1 is 1.30 bits per heavy atom. The molecule has 1 aromatic heterocycles. The average Bonchev–Trinajstić information content (AvgIpc) is 2.49. The highest BCUT2D eigenvalue weighted by atomic mass is 16.4. The van der Waals surface area contributed by atoms with Crippen LogP contribution in [-0.2, 0) is 6.54 Å². The molecule has 0 unspecified atom stereocenters. The van der Waals surface area contributed by atoms with Crippen LogP contribution in [0.5, 0.6) is 0 Å². The van der Waals surface area contributed by atoms with Crippen LogP contribution in [0.1, 0.15) is 48.2 Å². The van der Waals surface area contributed by atoms with Gasteiger partial charge in [-0.05, 0) is 25.0 Å². The number of nitrogens with one attached hydrogen (secondary N) is 1. The lowest BCUT2D eigenvalue weighted by Crippen LogP contribution is -2.38. The van der Waals surface area contributed by atoms with Crippen molar-refractivity contribution in [3.05, 3.63) is 29.6 Å². The van der Waals surface area contributed by atoms with Crippen LogP contribution in [0.2, 0.25) is 0 Å². The number of pyridine rings is 1. The van der Waals surface area contributed by atoms with Crippen molar-refractivity contribution in [1.82, 2.24) is 10.3 Å². The lowest BCUT2D eigenvalue weighted by atomic mass is 9.74. The van der Waals surface area contributed by atoms with Gasteiger partial charge in [0.25, 0.3) is 0 Å². The van der Waals surface area contributed by atoms with Gasteiger partial charge >= 0.3 is 5.97 Å². The van der Waals surface area contributed by atoms with Gasteiger partial charge in [-0.15, -0.1) is 0 Å². The zero-order valence-corrected chi connectivity index (χ0v) is 11.6. The van der Waals surface area contributed by atoms with Gasteiger partial charge in [0, 0.05) is 31.3 Å². The van der Waals surface area contributed by atoms with E-state index in [1.165, 1.54) is 25.5 Å². The number of nitrogens with zero attached hydrogens (tertiary/aromatic N) is 1. The van der Waals surface area contributed by atoms with E-state index in [0.29, 0.717) is 6.54 Å². The lowest BCUT2D eigenvalue weighted by molar-refractivity contribution is 0.0696. The summed E-state index contributed by atoms with van der Waals surface area (Å²) in [6, 6.07) is 3.29. The van der Waals surface area contributed by atoms with Crippen LogP contribution in [0.3, 0.4) is 0 Å². The van der Waals surface area contributed by atoms with E-state index in [-0.39, 0.29) is 17.6 Å². The maximum atomic E-state index is 10.7. The number of aliphatic hydroxyl groups excluding tert-OH is 1. The average molecular weight is 278 g/mol. The third-order valence-corrected chi connectivity index (χ3v) is 4.13. The predicted octanol–water partition coefficient (Wildman–Crippen LogP) is 1.81. The summed E-state index contributed by atoms with van der Waals surface area (Å²) in [5.74, 6) is -0.960. The molecule has 0 spiro atoms. The fourth-order valence-corrected chi connectivity index (χ4v) is 2.80. The SMILES string of the molecule is O=C(O)c1ccc(CNCC2(CO)CCCCC2)nc1. The Morgan fingerprint density at radius 2 is 2.05 bits per heavy atom. The topological polar surface area (TPSA) is 82.5 Å². The normalized spacial score (nSPS) is 17.9. The van der Waals surface area contributed by atoms with E-state index < -0.39 is 5.97 Å². The van der Waals surface area contributed by atoms with E-state index in [1.54, 1.807) is 12.1 Å². The number of aromatic carboxylic acids is 1. The van der Waals surface area contributed by atoms with Gasteiger partial charge in [-0.2, -0.15) is 0 Å². The van der Waals surface area contributed by atoms with Gasteiger partial charge in [0.2, 0.25) is 0 Å². The summed E-state index contributed by atoms with van der Waals surface area (Å²) < 4.78 is 0. The van der Waals surface area contributed by atoms with Crippen LogP contribution in [0, 0.1) is 5.41 Å². The largest absolute Gasteiger partial charge is 0.478 e. The molecule has 1 saturated carbocycles. The highest BCUT2D eigenvalue weighted by molar-refractivity contribution is 5.87. The molecule has 0 bridgehead atoms. The monoisotopic (exact) mass is 278 g/mol. The zero-order chi connectivity index (χ0) is 14.4. The Kier molecular flexibility index (Phi) is 5.09. The Morgan fingerprint density at radius 3 is 2.60 bits per heavy atom. The molecule has 1 aliphatic carbocycles. The van der Waals surface area contributed by atoms with Crippen molar-refractivity contribution in [2.24, 2.45) is 5.41 Å². The smallest absolute Gasteiger partial charge is 0.337 e. The number of carbonyl (C=O) groups is 1. The summed E-state index contributed by atoms with van der Waals surface area (Å²) in [6.45, 7) is 1.61. The van der Waals surface area contributed by atoms with E-state index in [1.807, 2.05) is 0 Å². The second-order valence-electron chi connectivity index (χ2n) is 5.67. The third kappa shape index (κ3) is 3.77. The minimum Gasteiger partial charge on any atom is -0.478 e. The minimum absolute atomic E-state index is 0.0131. The van der Waals surface area contributed by atoms with Crippen molar-refractivity contribution >= 4 is 5.97 Å². The highest BCUT2D eigenvalue weighted by Crippen LogP contribution is 2.35. The maximum absolute atomic E-state index is 10.7.